The average Bonchev–Trinajstić information content (AvgIpc) is 2.30. The molecule has 0 bridgehead atoms. The van der Waals surface area contributed by atoms with Crippen LogP contribution in [0.25, 0.3) is 0 Å². The zero-order valence-corrected chi connectivity index (χ0v) is 11.4. The van der Waals surface area contributed by atoms with Crippen molar-refractivity contribution in [3.05, 3.63) is 23.0 Å². The van der Waals surface area contributed by atoms with Gasteiger partial charge in [-0.15, -0.1) is 0 Å². The van der Waals surface area contributed by atoms with Gasteiger partial charge in [-0.1, -0.05) is 0 Å². The first kappa shape index (κ1) is 13.8. The molecule has 1 aliphatic carbocycles. The number of hydrogen-bond donors (Lipinski definition) is 2. The second kappa shape index (κ2) is 4.81. The van der Waals surface area contributed by atoms with E-state index in [0.29, 0.717) is 19.3 Å². The molecule has 5 heteroatoms. The standard InChI is InChI=1S/C14H19NO4/c1-8-7-15-11(9(2)12(8)19-3)6-14(18)4-10(5-14)13(16)17/h7,10,18H,4-6H2,1-3H3,(H,16,17). The van der Waals surface area contributed by atoms with Crippen molar-refractivity contribution in [1.82, 2.24) is 4.98 Å². The fourth-order valence-electron chi connectivity index (χ4n) is 2.74. The smallest absolute Gasteiger partial charge is 0.306 e. The lowest BCUT2D eigenvalue weighted by Gasteiger charge is -2.41. The van der Waals surface area contributed by atoms with E-state index >= 15 is 0 Å². The van der Waals surface area contributed by atoms with Crippen molar-refractivity contribution in [2.45, 2.75) is 38.7 Å². The van der Waals surface area contributed by atoms with E-state index < -0.39 is 17.5 Å². The van der Waals surface area contributed by atoms with E-state index in [0.717, 1.165) is 22.6 Å². The molecule has 0 radical (unpaired) electrons. The summed E-state index contributed by atoms with van der Waals surface area (Å²) < 4.78 is 5.33. The first-order valence-electron chi connectivity index (χ1n) is 6.30. The zero-order valence-electron chi connectivity index (χ0n) is 11.4. The number of carbonyl (C=O) groups is 1. The third kappa shape index (κ3) is 2.56. The fourth-order valence-corrected chi connectivity index (χ4v) is 2.74. The number of carboxylic acids is 1. The van der Waals surface area contributed by atoms with Crippen molar-refractivity contribution < 1.29 is 19.7 Å². The second-order valence-electron chi connectivity index (χ2n) is 5.39. The van der Waals surface area contributed by atoms with E-state index in [1.165, 1.54) is 0 Å². The number of rotatable bonds is 4. The number of aliphatic hydroxyl groups is 1. The molecular weight excluding hydrogens is 246 g/mol. The lowest BCUT2D eigenvalue weighted by Crippen LogP contribution is -2.48. The molecule has 1 aliphatic rings. The van der Waals surface area contributed by atoms with Crippen LogP contribution in [0.1, 0.15) is 29.7 Å². The molecule has 0 atom stereocenters. The lowest BCUT2D eigenvalue weighted by molar-refractivity contribution is -0.158. The van der Waals surface area contributed by atoms with Crippen molar-refractivity contribution in [2.75, 3.05) is 7.11 Å². The molecule has 1 saturated carbocycles. The van der Waals surface area contributed by atoms with Crippen molar-refractivity contribution >= 4 is 5.97 Å². The van der Waals surface area contributed by atoms with Gasteiger partial charge in [0.2, 0.25) is 0 Å². The molecule has 5 nitrogen and oxygen atoms in total. The van der Waals surface area contributed by atoms with E-state index in [-0.39, 0.29) is 0 Å². The fraction of sp³-hybridized carbons (Fsp3) is 0.571. The van der Waals surface area contributed by atoms with Gasteiger partial charge < -0.3 is 14.9 Å². The first-order valence-corrected chi connectivity index (χ1v) is 6.30. The molecule has 2 N–H and O–H groups in total. The Morgan fingerprint density at radius 2 is 2.16 bits per heavy atom. The highest BCUT2D eigenvalue weighted by atomic mass is 16.5. The number of ether oxygens (including phenoxy) is 1. The molecule has 0 aliphatic heterocycles. The highest BCUT2D eigenvalue weighted by Crippen LogP contribution is 2.41. The Morgan fingerprint density at radius 1 is 1.53 bits per heavy atom. The quantitative estimate of drug-likeness (QED) is 0.862. The number of aromatic nitrogens is 1. The van der Waals surface area contributed by atoms with Crippen LogP contribution in [0.2, 0.25) is 0 Å². The molecule has 0 aromatic carbocycles. The van der Waals surface area contributed by atoms with Crippen molar-refractivity contribution in [1.29, 1.82) is 0 Å². The van der Waals surface area contributed by atoms with Gasteiger partial charge in [-0.25, -0.2) is 0 Å². The Kier molecular flexibility index (Phi) is 3.49. The van der Waals surface area contributed by atoms with E-state index in [1.807, 2.05) is 13.8 Å². The van der Waals surface area contributed by atoms with Crippen LogP contribution in [0.4, 0.5) is 0 Å². The Labute approximate surface area is 112 Å². The summed E-state index contributed by atoms with van der Waals surface area (Å²) in [7, 11) is 1.61. The maximum atomic E-state index is 10.8. The topological polar surface area (TPSA) is 79.7 Å². The van der Waals surface area contributed by atoms with Gasteiger partial charge in [-0.2, -0.15) is 0 Å². The number of aliphatic carboxylic acids is 1. The molecule has 1 aromatic rings. The molecule has 19 heavy (non-hydrogen) atoms. The summed E-state index contributed by atoms with van der Waals surface area (Å²) >= 11 is 0. The van der Waals surface area contributed by atoms with Crippen LogP contribution in [0.3, 0.4) is 0 Å². The summed E-state index contributed by atoms with van der Waals surface area (Å²) in [5.41, 5.74) is 1.69. The Bertz CT molecular complexity index is 506. The number of hydrogen-bond acceptors (Lipinski definition) is 4. The van der Waals surface area contributed by atoms with Gasteiger partial charge in [0.1, 0.15) is 5.75 Å². The van der Waals surface area contributed by atoms with Crippen LogP contribution in [0.15, 0.2) is 6.20 Å². The Balaban J connectivity index is 2.15. The minimum Gasteiger partial charge on any atom is -0.496 e. The van der Waals surface area contributed by atoms with Gasteiger partial charge in [-0.05, 0) is 26.7 Å². The van der Waals surface area contributed by atoms with Crippen molar-refractivity contribution in [3.63, 3.8) is 0 Å². The third-order valence-corrected chi connectivity index (χ3v) is 3.85. The van der Waals surface area contributed by atoms with E-state index in [4.69, 9.17) is 9.84 Å². The number of methoxy groups -OCH3 is 1. The Hall–Kier alpha value is -1.62. The first-order chi connectivity index (χ1) is 8.86. The maximum Gasteiger partial charge on any atom is 0.306 e. The van der Waals surface area contributed by atoms with Gasteiger partial charge in [0.25, 0.3) is 0 Å². The molecule has 0 amide bonds. The Morgan fingerprint density at radius 3 is 2.68 bits per heavy atom. The molecule has 0 spiro atoms. The number of carboxylic acid groups (broad SMARTS) is 1. The largest absolute Gasteiger partial charge is 0.496 e. The predicted molar refractivity (Wildman–Crippen MR) is 69.3 cm³/mol. The van der Waals surface area contributed by atoms with Crippen LogP contribution in [0.5, 0.6) is 5.75 Å². The zero-order chi connectivity index (χ0) is 14.2. The van der Waals surface area contributed by atoms with Crippen LogP contribution in [0, 0.1) is 19.8 Å². The second-order valence-corrected chi connectivity index (χ2v) is 5.39. The van der Waals surface area contributed by atoms with Gasteiger partial charge >= 0.3 is 5.97 Å². The molecule has 1 fully saturated rings. The lowest BCUT2D eigenvalue weighted by atomic mass is 9.68. The summed E-state index contributed by atoms with van der Waals surface area (Å²) in [5, 5.41) is 19.2. The number of aryl methyl sites for hydroxylation is 1. The van der Waals surface area contributed by atoms with Crippen LogP contribution in [-0.4, -0.2) is 33.9 Å². The summed E-state index contributed by atoms with van der Waals surface area (Å²) in [4.78, 5) is 15.1. The monoisotopic (exact) mass is 265 g/mol. The summed E-state index contributed by atoms with van der Waals surface area (Å²) in [6, 6.07) is 0. The molecule has 0 unspecified atom stereocenters. The molecule has 0 saturated heterocycles. The maximum absolute atomic E-state index is 10.8. The number of nitrogens with zero attached hydrogens (tertiary/aromatic N) is 1. The van der Waals surface area contributed by atoms with Gasteiger partial charge in [0.05, 0.1) is 18.6 Å². The molecule has 1 aromatic heterocycles. The molecule has 2 rings (SSSR count). The van der Waals surface area contributed by atoms with Crippen molar-refractivity contribution in [2.24, 2.45) is 5.92 Å². The van der Waals surface area contributed by atoms with Gasteiger partial charge in [0, 0.05) is 29.4 Å². The summed E-state index contributed by atoms with van der Waals surface area (Å²) in [6.07, 6.45) is 2.68. The normalized spacial score (nSPS) is 25.8. The van der Waals surface area contributed by atoms with Gasteiger partial charge in [0.15, 0.2) is 0 Å². The van der Waals surface area contributed by atoms with Crippen molar-refractivity contribution in [3.8, 4) is 5.75 Å². The molecular formula is C14H19NO4. The van der Waals surface area contributed by atoms with E-state index in [2.05, 4.69) is 4.98 Å². The van der Waals surface area contributed by atoms with Gasteiger partial charge in [-0.3, -0.25) is 9.78 Å². The summed E-state index contributed by atoms with van der Waals surface area (Å²) in [5.74, 6) is -0.490. The molecule has 1 heterocycles. The van der Waals surface area contributed by atoms with E-state index in [1.54, 1.807) is 13.3 Å². The SMILES string of the molecule is COc1c(C)cnc(CC2(O)CC(C(=O)O)C2)c1C. The molecule has 104 valence electrons. The van der Waals surface area contributed by atoms with Crippen LogP contribution in [-0.2, 0) is 11.2 Å². The third-order valence-electron chi connectivity index (χ3n) is 3.85. The predicted octanol–water partition coefficient (Wildman–Crippen LogP) is 1.48. The highest BCUT2D eigenvalue weighted by Gasteiger charge is 2.46. The van der Waals surface area contributed by atoms with Crippen LogP contribution >= 0.6 is 0 Å². The average molecular weight is 265 g/mol. The van der Waals surface area contributed by atoms with E-state index in [9.17, 15) is 9.90 Å². The minimum atomic E-state index is -0.943. The number of pyridine rings is 1. The highest BCUT2D eigenvalue weighted by molar-refractivity contribution is 5.71. The summed E-state index contributed by atoms with van der Waals surface area (Å²) in [6.45, 7) is 3.83. The minimum absolute atomic E-state index is 0.291. The van der Waals surface area contributed by atoms with Crippen LogP contribution < -0.4 is 4.74 Å².